The van der Waals surface area contributed by atoms with Crippen LogP contribution in [0, 0.1) is 0 Å². The van der Waals surface area contributed by atoms with Crippen molar-refractivity contribution in [3.63, 3.8) is 0 Å². The quantitative estimate of drug-likeness (QED) is 0.520. The highest BCUT2D eigenvalue weighted by atomic mass is 35.5. The Morgan fingerprint density at radius 2 is 1.75 bits per heavy atom. The highest BCUT2D eigenvalue weighted by molar-refractivity contribution is 6.31. The summed E-state index contributed by atoms with van der Waals surface area (Å²) in [4.78, 5) is 24.3. The number of carbonyl (C=O) groups is 2. The molecule has 2 aromatic carbocycles. The van der Waals surface area contributed by atoms with Crippen LogP contribution in [0.25, 0.3) is 6.08 Å². The number of rotatable bonds is 7. The third-order valence-electron chi connectivity index (χ3n) is 4.10. The number of amides is 1. The van der Waals surface area contributed by atoms with Crippen molar-refractivity contribution in [2.45, 2.75) is 32.8 Å². The fraction of sp³-hybridized carbons (Fsp3) is 0.273. The molecule has 6 heteroatoms. The second-order valence-electron chi connectivity index (χ2n) is 6.57. The second-order valence-corrected chi connectivity index (χ2v) is 7.00. The Morgan fingerprint density at radius 3 is 2.36 bits per heavy atom. The first-order chi connectivity index (χ1) is 13.3. The number of hydrogen-bond donors (Lipinski definition) is 1. The van der Waals surface area contributed by atoms with Crippen LogP contribution in [0.15, 0.2) is 48.5 Å². The van der Waals surface area contributed by atoms with Gasteiger partial charge in [0.2, 0.25) is 0 Å². The Labute approximate surface area is 170 Å². The van der Waals surface area contributed by atoms with Crippen molar-refractivity contribution in [1.29, 1.82) is 0 Å². The Morgan fingerprint density at radius 1 is 1.07 bits per heavy atom. The number of anilines is 1. The van der Waals surface area contributed by atoms with E-state index < -0.39 is 18.0 Å². The van der Waals surface area contributed by atoms with Crippen molar-refractivity contribution in [2.24, 2.45) is 0 Å². The van der Waals surface area contributed by atoms with Gasteiger partial charge in [0.05, 0.1) is 12.8 Å². The van der Waals surface area contributed by atoms with Crippen molar-refractivity contribution < 1.29 is 19.1 Å². The van der Waals surface area contributed by atoms with Crippen LogP contribution >= 0.6 is 11.6 Å². The SMILES string of the molecule is COc1ccc(Cl)cc1NC(=O)C(C)OC(=O)/C=C/c1ccc(C(C)C)cc1. The highest BCUT2D eigenvalue weighted by Gasteiger charge is 2.18. The monoisotopic (exact) mass is 401 g/mol. The fourth-order valence-corrected chi connectivity index (χ4v) is 2.61. The molecule has 0 heterocycles. The molecule has 1 N–H and O–H groups in total. The zero-order valence-electron chi connectivity index (χ0n) is 16.4. The van der Waals surface area contributed by atoms with Gasteiger partial charge < -0.3 is 14.8 Å². The first kappa shape index (κ1) is 21.5. The number of carbonyl (C=O) groups excluding carboxylic acids is 2. The molecule has 5 nitrogen and oxygen atoms in total. The van der Waals surface area contributed by atoms with E-state index in [1.54, 1.807) is 24.3 Å². The number of benzene rings is 2. The number of ether oxygens (including phenoxy) is 2. The lowest BCUT2D eigenvalue weighted by atomic mass is 10.0. The lowest BCUT2D eigenvalue weighted by molar-refractivity contribution is -0.148. The molecule has 0 saturated heterocycles. The third kappa shape index (κ3) is 6.13. The third-order valence-corrected chi connectivity index (χ3v) is 4.33. The molecule has 2 aromatic rings. The first-order valence-electron chi connectivity index (χ1n) is 8.93. The minimum absolute atomic E-state index is 0.406. The van der Waals surface area contributed by atoms with Gasteiger partial charge in [-0.3, -0.25) is 4.79 Å². The van der Waals surface area contributed by atoms with Gasteiger partial charge in [0.1, 0.15) is 5.75 Å². The second kappa shape index (κ2) is 9.95. The van der Waals surface area contributed by atoms with Crippen LogP contribution in [0.4, 0.5) is 5.69 Å². The Hall–Kier alpha value is -2.79. The molecule has 0 aliphatic heterocycles. The summed E-state index contributed by atoms with van der Waals surface area (Å²) in [6.07, 6.45) is 1.97. The van der Waals surface area contributed by atoms with Gasteiger partial charge in [0, 0.05) is 11.1 Å². The Bertz CT molecular complexity index is 859. The van der Waals surface area contributed by atoms with E-state index >= 15 is 0 Å². The van der Waals surface area contributed by atoms with Crippen molar-refractivity contribution in [3.05, 3.63) is 64.7 Å². The lowest BCUT2D eigenvalue weighted by Gasteiger charge is -2.14. The number of methoxy groups -OCH3 is 1. The molecular formula is C22H24ClNO4. The van der Waals surface area contributed by atoms with Crippen LogP contribution in [-0.4, -0.2) is 25.1 Å². The molecule has 0 bridgehead atoms. The standard InChI is InChI=1S/C22H24ClNO4/c1-14(2)17-8-5-16(6-9-17)7-12-21(25)28-15(3)22(26)24-19-13-18(23)10-11-20(19)27-4/h5-15H,1-4H3,(H,24,26)/b12-7+. The summed E-state index contributed by atoms with van der Waals surface area (Å²) in [5.74, 6) is -0.182. The van der Waals surface area contributed by atoms with Crippen molar-refractivity contribution in [3.8, 4) is 5.75 Å². The fourth-order valence-electron chi connectivity index (χ4n) is 2.44. The van der Waals surface area contributed by atoms with Crippen LogP contribution < -0.4 is 10.1 Å². The molecule has 1 unspecified atom stereocenters. The van der Waals surface area contributed by atoms with E-state index in [4.69, 9.17) is 21.1 Å². The molecule has 0 aliphatic carbocycles. The van der Waals surface area contributed by atoms with Crippen LogP contribution in [0.5, 0.6) is 5.75 Å². The van der Waals surface area contributed by atoms with Gasteiger partial charge in [0.25, 0.3) is 5.91 Å². The number of esters is 1. The number of nitrogens with one attached hydrogen (secondary N) is 1. The van der Waals surface area contributed by atoms with E-state index in [1.807, 2.05) is 24.3 Å². The van der Waals surface area contributed by atoms with E-state index in [2.05, 4.69) is 19.2 Å². The summed E-state index contributed by atoms with van der Waals surface area (Å²) in [5.41, 5.74) is 2.51. The van der Waals surface area contributed by atoms with Crippen molar-refractivity contribution in [1.82, 2.24) is 0 Å². The molecule has 0 spiro atoms. The average Bonchev–Trinajstić information content (AvgIpc) is 2.66. The Kier molecular flexibility index (Phi) is 7.64. The largest absolute Gasteiger partial charge is 0.495 e. The van der Waals surface area contributed by atoms with Crippen LogP contribution in [0.2, 0.25) is 5.02 Å². The summed E-state index contributed by atoms with van der Waals surface area (Å²) in [5, 5.41) is 3.10. The smallest absolute Gasteiger partial charge is 0.331 e. The molecule has 0 aliphatic rings. The van der Waals surface area contributed by atoms with Crippen LogP contribution in [0.1, 0.15) is 37.8 Å². The van der Waals surface area contributed by atoms with Gasteiger partial charge in [-0.2, -0.15) is 0 Å². The number of halogens is 1. The van der Waals surface area contributed by atoms with Crippen molar-refractivity contribution >= 4 is 35.2 Å². The zero-order valence-corrected chi connectivity index (χ0v) is 17.1. The van der Waals surface area contributed by atoms with Gasteiger partial charge >= 0.3 is 5.97 Å². The molecule has 0 radical (unpaired) electrons. The molecule has 0 aromatic heterocycles. The summed E-state index contributed by atoms with van der Waals surface area (Å²) in [6.45, 7) is 5.73. The van der Waals surface area contributed by atoms with Crippen LogP contribution in [0.3, 0.4) is 0 Å². The minimum Gasteiger partial charge on any atom is -0.495 e. The summed E-state index contributed by atoms with van der Waals surface area (Å²) >= 11 is 5.95. The first-order valence-corrected chi connectivity index (χ1v) is 9.31. The van der Waals surface area contributed by atoms with E-state index in [-0.39, 0.29) is 0 Å². The van der Waals surface area contributed by atoms with Gasteiger partial charge in [-0.05, 0) is 48.2 Å². The molecule has 28 heavy (non-hydrogen) atoms. The molecule has 148 valence electrons. The number of hydrogen-bond acceptors (Lipinski definition) is 4. The van der Waals surface area contributed by atoms with Crippen molar-refractivity contribution in [2.75, 3.05) is 12.4 Å². The average molecular weight is 402 g/mol. The Balaban J connectivity index is 1.94. The summed E-state index contributed by atoms with van der Waals surface area (Å²) in [7, 11) is 1.49. The minimum atomic E-state index is -0.982. The predicted octanol–water partition coefficient (Wildman–Crippen LogP) is 5.06. The summed E-state index contributed by atoms with van der Waals surface area (Å²) < 4.78 is 10.3. The maximum absolute atomic E-state index is 12.3. The molecule has 1 atom stereocenters. The topological polar surface area (TPSA) is 64.6 Å². The van der Waals surface area contributed by atoms with E-state index in [1.165, 1.54) is 25.7 Å². The highest BCUT2D eigenvalue weighted by Crippen LogP contribution is 2.27. The van der Waals surface area contributed by atoms with Gasteiger partial charge in [-0.1, -0.05) is 49.7 Å². The van der Waals surface area contributed by atoms with Gasteiger partial charge in [-0.15, -0.1) is 0 Å². The van der Waals surface area contributed by atoms with E-state index in [9.17, 15) is 9.59 Å². The predicted molar refractivity (Wildman–Crippen MR) is 112 cm³/mol. The molecule has 0 saturated carbocycles. The maximum Gasteiger partial charge on any atom is 0.331 e. The van der Waals surface area contributed by atoms with Gasteiger partial charge in [-0.25, -0.2) is 4.79 Å². The van der Waals surface area contributed by atoms with E-state index in [0.29, 0.717) is 22.4 Å². The lowest BCUT2D eigenvalue weighted by Crippen LogP contribution is -2.29. The molecular weight excluding hydrogens is 378 g/mol. The summed E-state index contributed by atoms with van der Waals surface area (Å²) in [6, 6.07) is 12.8. The van der Waals surface area contributed by atoms with Crippen LogP contribution in [-0.2, 0) is 14.3 Å². The maximum atomic E-state index is 12.3. The normalized spacial score (nSPS) is 12.1. The molecule has 1 amide bonds. The zero-order chi connectivity index (χ0) is 20.7. The van der Waals surface area contributed by atoms with E-state index in [0.717, 1.165) is 5.56 Å². The molecule has 2 rings (SSSR count). The molecule has 0 fully saturated rings. The van der Waals surface area contributed by atoms with Gasteiger partial charge in [0.15, 0.2) is 6.10 Å².